The Morgan fingerprint density at radius 2 is 2.05 bits per heavy atom. The number of hydrogen-bond acceptors (Lipinski definition) is 4. The van der Waals surface area contributed by atoms with Crippen LogP contribution in [-0.2, 0) is 6.42 Å². The Morgan fingerprint density at radius 1 is 1.32 bits per heavy atom. The van der Waals surface area contributed by atoms with Gasteiger partial charge in [0, 0.05) is 24.4 Å². The van der Waals surface area contributed by atoms with Crippen LogP contribution in [-0.4, -0.2) is 16.6 Å². The molecule has 3 nitrogen and oxygen atoms in total. The molecule has 0 aliphatic carbocycles. The number of benzene rings is 1. The quantitative estimate of drug-likeness (QED) is 0.849. The van der Waals surface area contributed by atoms with Gasteiger partial charge in [-0.1, -0.05) is 19.1 Å². The van der Waals surface area contributed by atoms with E-state index in [0.717, 1.165) is 30.1 Å². The lowest BCUT2D eigenvalue weighted by molar-refractivity contribution is 0.473. The number of nitrogens with zero attached hydrogens (tertiary/aromatic N) is 1. The number of aromatic hydroxyl groups is 1. The molecule has 0 saturated carbocycles. The molecule has 2 rings (SSSR count). The van der Waals surface area contributed by atoms with E-state index in [9.17, 15) is 5.11 Å². The van der Waals surface area contributed by atoms with E-state index in [0.29, 0.717) is 11.8 Å². The van der Waals surface area contributed by atoms with Crippen molar-refractivity contribution in [2.24, 2.45) is 0 Å². The maximum absolute atomic E-state index is 9.31. The van der Waals surface area contributed by atoms with Gasteiger partial charge in [0.05, 0.1) is 10.7 Å². The van der Waals surface area contributed by atoms with Crippen molar-refractivity contribution in [3.8, 4) is 5.75 Å². The van der Waals surface area contributed by atoms with Crippen LogP contribution in [0.15, 0.2) is 29.6 Å². The summed E-state index contributed by atoms with van der Waals surface area (Å²) in [5.41, 5.74) is 2.38. The van der Waals surface area contributed by atoms with Gasteiger partial charge in [-0.05, 0) is 31.0 Å². The van der Waals surface area contributed by atoms with Crippen LogP contribution in [0.3, 0.4) is 0 Å². The molecule has 0 aliphatic rings. The third-order valence-corrected chi connectivity index (χ3v) is 3.96. The summed E-state index contributed by atoms with van der Waals surface area (Å²) in [6.07, 6.45) is 1.99. The van der Waals surface area contributed by atoms with E-state index in [1.807, 2.05) is 19.1 Å². The largest absolute Gasteiger partial charge is 0.508 e. The van der Waals surface area contributed by atoms with Gasteiger partial charge in [0.1, 0.15) is 5.75 Å². The van der Waals surface area contributed by atoms with Crippen molar-refractivity contribution in [3.63, 3.8) is 0 Å². The summed E-state index contributed by atoms with van der Waals surface area (Å²) >= 11 is 1.70. The molecule has 1 unspecified atom stereocenters. The molecule has 1 aromatic heterocycles. The van der Waals surface area contributed by atoms with Gasteiger partial charge in [-0.2, -0.15) is 0 Å². The number of thiazole rings is 1. The number of nitrogens with one attached hydrogen (secondary N) is 1. The minimum atomic E-state index is 0.316. The summed E-state index contributed by atoms with van der Waals surface area (Å²) in [6, 6.07) is 7.76. The van der Waals surface area contributed by atoms with Crippen LogP contribution in [0.25, 0.3) is 0 Å². The molecule has 0 radical (unpaired) electrons. The predicted octanol–water partition coefficient (Wildman–Crippen LogP) is 3.44. The molecule has 2 N–H and O–H groups in total. The molecule has 0 saturated heterocycles. The van der Waals surface area contributed by atoms with Crippen LogP contribution in [0.2, 0.25) is 0 Å². The fourth-order valence-corrected chi connectivity index (χ4v) is 2.75. The first kappa shape index (κ1) is 14.0. The third-order valence-electron chi connectivity index (χ3n) is 3.14. The van der Waals surface area contributed by atoms with Gasteiger partial charge in [0.15, 0.2) is 0 Å². The molecular formula is C15H20N2OS. The summed E-state index contributed by atoms with van der Waals surface area (Å²) < 4.78 is 0. The predicted molar refractivity (Wildman–Crippen MR) is 79.7 cm³/mol. The SMILES string of the molecule is CCC(NCCc1csc(C)n1)c1ccc(O)cc1. The highest BCUT2D eigenvalue weighted by atomic mass is 32.1. The standard InChI is InChI=1S/C15H20N2OS/c1-3-15(12-4-6-14(18)7-5-12)16-9-8-13-10-19-11(2)17-13/h4-7,10,15-16,18H,3,8-9H2,1-2H3. The molecule has 4 heteroatoms. The van der Waals surface area contributed by atoms with Crippen molar-refractivity contribution in [3.05, 3.63) is 45.9 Å². The molecule has 0 aliphatic heterocycles. The van der Waals surface area contributed by atoms with Gasteiger partial charge in [0.25, 0.3) is 0 Å². The molecule has 1 heterocycles. The maximum Gasteiger partial charge on any atom is 0.115 e. The maximum atomic E-state index is 9.31. The van der Waals surface area contributed by atoms with E-state index < -0.39 is 0 Å². The van der Waals surface area contributed by atoms with Gasteiger partial charge >= 0.3 is 0 Å². The molecule has 0 amide bonds. The highest BCUT2D eigenvalue weighted by Crippen LogP contribution is 2.19. The van der Waals surface area contributed by atoms with E-state index in [2.05, 4.69) is 22.6 Å². The first-order chi connectivity index (χ1) is 9.19. The summed E-state index contributed by atoms with van der Waals surface area (Å²) in [4.78, 5) is 4.46. The first-order valence-electron chi connectivity index (χ1n) is 6.62. The fraction of sp³-hybridized carbons (Fsp3) is 0.400. The van der Waals surface area contributed by atoms with Crippen molar-refractivity contribution >= 4 is 11.3 Å². The highest BCUT2D eigenvalue weighted by molar-refractivity contribution is 7.09. The molecule has 0 fully saturated rings. The van der Waals surface area contributed by atoms with Crippen molar-refractivity contribution in [2.75, 3.05) is 6.54 Å². The minimum Gasteiger partial charge on any atom is -0.508 e. The average Bonchev–Trinajstić information content (AvgIpc) is 2.82. The summed E-state index contributed by atoms with van der Waals surface area (Å²) in [5.74, 6) is 0.316. The number of rotatable bonds is 6. The average molecular weight is 276 g/mol. The van der Waals surface area contributed by atoms with Crippen molar-refractivity contribution in [2.45, 2.75) is 32.7 Å². The van der Waals surface area contributed by atoms with Gasteiger partial charge in [-0.25, -0.2) is 4.98 Å². The molecule has 19 heavy (non-hydrogen) atoms. The smallest absolute Gasteiger partial charge is 0.115 e. The van der Waals surface area contributed by atoms with Crippen LogP contribution in [0.1, 0.15) is 35.7 Å². The van der Waals surface area contributed by atoms with Crippen molar-refractivity contribution in [1.82, 2.24) is 10.3 Å². The Balaban J connectivity index is 1.87. The van der Waals surface area contributed by atoms with Gasteiger partial charge in [0.2, 0.25) is 0 Å². The Bertz CT molecular complexity index is 507. The summed E-state index contributed by atoms with van der Waals surface area (Å²) in [5, 5.41) is 16.1. The summed E-state index contributed by atoms with van der Waals surface area (Å²) in [6.45, 7) is 5.12. The molecule has 2 aromatic rings. The molecule has 1 atom stereocenters. The Hall–Kier alpha value is -1.39. The molecule has 1 aromatic carbocycles. The number of aryl methyl sites for hydroxylation is 1. The van der Waals surface area contributed by atoms with E-state index in [-0.39, 0.29) is 0 Å². The second-order valence-corrected chi connectivity index (χ2v) is 5.68. The second kappa shape index (κ2) is 6.68. The first-order valence-corrected chi connectivity index (χ1v) is 7.50. The molecular weight excluding hydrogens is 256 g/mol. The number of phenolic OH excluding ortho intramolecular Hbond substituents is 1. The lowest BCUT2D eigenvalue weighted by atomic mass is 10.0. The minimum absolute atomic E-state index is 0.316. The topological polar surface area (TPSA) is 45.2 Å². The molecule has 102 valence electrons. The fourth-order valence-electron chi connectivity index (χ4n) is 2.10. The lowest BCUT2D eigenvalue weighted by Gasteiger charge is -2.17. The zero-order valence-corrected chi connectivity index (χ0v) is 12.2. The highest BCUT2D eigenvalue weighted by Gasteiger charge is 2.08. The van der Waals surface area contributed by atoms with E-state index >= 15 is 0 Å². The van der Waals surface area contributed by atoms with Gasteiger partial charge in [-0.3, -0.25) is 0 Å². The Morgan fingerprint density at radius 3 is 2.63 bits per heavy atom. The van der Waals surface area contributed by atoms with Crippen LogP contribution in [0, 0.1) is 6.92 Å². The third kappa shape index (κ3) is 4.04. The van der Waals surface area contributed by atoms with E-state index in [1.165, 1.54) is 5.56 Å². The number of hydrogen-bond donors (Lipinski definition) is 2. The summed E-state index contributed by atoms with van der Waals surface area (Å²) in [7, 11) is 0. The van der Waals surface area contributed by atoms with Crippen molar-refractivity contribution < 1.29 is 5.11 Å². The van der Waals surface area contributed by atoms with Crippen LogP contribution in [0.4, 0.5) is 0 Å². The Labute approximate surface area is 118 Å². The molecule has 0 bridgehead atoms. The van der Waals surface area contributed by atoms with Crippen molar-refractivity contribution in [1.29, 1.82) is 0 Å². The van der Waals surface area contributed by atoms with E-state index in [4.69, 9.17) is 0 Å². The number of phenols is 1. The van der Waals surface area contributed by atoms with Crippen LogP contribution >= 0.6 is 11.3 Å². The van der Waals surface area contributed by atoms with Gasteiger partial charge < -0.3 is 10.4 Å². The van der Waals surface area contributed by atoms with Gasteiger partial charge in [-0.15, -0.1) is 11.3 Å². The Kier molecular flexibility index (Phi) is 4.93. The second-order valence-electron chi connectivity index (χ2n) is 4.61. The lowest BCUT2D eigenvalue weighted by Crippen LogP contribution is -2.23. The van der Waals surface area contributed by atoms with Crippen LogP contribution < -0.4 is 5.32 Å². The zero-order chi connectivity index (χ0) is 13.7. The van der Waals surface area contributed by atoms with E-state index in [1.54, 1.807) is 23.5 Å². The monoisotopic (exact) mass is 276 g/mol. The number of aromatic nitrogens is 1. The normalized spacial score (nSPS) is 12.5. The molecule has 0 spiro atoms. The zero-order valence-electron chi connectivity index (χ0n) is 11.4. The van der Waals surface area contributed by atoms with Crippen LogP contribution in [0.5, 0.6) is 5.75 Å².